The summed E-state index contributed by atoms with van der Waals surface area (Å²) in [7, 11) is 3.59. The Morgan fingerprint density at radius 2 is 2.11 bits per heavy atom. The topological polar surface area (TPSA) is 40.6 Å². The van der Waals surface area contributed by atoms with Crippen molar-refractivity contribution in [2.24, 2.45) is 5.92 Å². The lowest BCUT2D eigenvalue weighted by atomic mass is 9.73. The number of rotatable bonds is 5. The second kappa shape index (κ2) is 9.03. The van der Waals surface area contributed by atoms with E-state index in [1.807, 2.05) is 24.3 Å². The van der Waals surface area contributed by atoms with Crippen molar-refractivity contribution in [2.45, 2.75) is 37.9 Å². The van der Waals surface area contributed by atoms with Crippen molar-refractivity contribution in [3.8, 4) is 17.6 Å². The first-order valence-electron chi connectivity index (χ1n) is 9.37. The molecule has 0 spiro atoms. The Morgan fingerprint density at radius 1 is 1.22 bits per heavy atom. The number of aromatic nitrogens is 1. The Bertz CT molecular complexity index is 796. The summed E-state index contributed by atoms with van der Waals surface area (Å²) < 4.78 is 17.5. The zero-order chi connectivity index (χ0) is 19.1. The van der Waals surface area contributed by atoms with Gasteiger partial charge in [0.25, 0.3) is 0 Å². The first-order valence-corrected chi connectivity index (χ1v) is 9.37. The van der Waals surface area contributed by atoms with E-state index in [1.54, 1.807) is 26.6 Å². The van der Waals surface area contributed by atoms with Gasteiger partial charge in [-0.15, -0.1) is 0 Å². The minimum Gasteiger partial charge on any atom is -0.481 e. The predicted octanol–water partition coefficient (Wildman–Crippen LogP) is 4.19. The lowest BCUT2D eigenvalue weighted by Crippen LogP contribution is -2.40. The highest BCUT2D eigenvalue weighted by Gasteiger charge is 2.41. The molecular weight excluding hydrogens is 338 g/mol. The molecule has 0 aliphatic heterocycles. The van der Waals surface area contributed by atoms with Gasteiger partial charge in [0.15, 0.2) is 0 Å². The quantitative estimate of drug-likeness (QED) is 0.745. The number of benzene rings is 1. The highest BCUT2D eigenvalue weighted by molar-refractivity contribution is 5.34. The van der Waals surface area contributed by atoms with Crippen molar-refractivity contribution < 1.29 is 14.2 Å². The third-order valence-electron chi connectivity index (χ3n) is 5.38. The van der Waals surface area contributed by atoms with Gasteiger partial charge in [0.1, 0.15) is 12.4 Å². The average molecular weight is 365 g/mol. The van der Waals surface area contributed by atoms with Crippen LogP contribution in [0.1, 0.15) is 37.3 Å². The van der Waals surface area contributed by atoms with Crippen molar-refractivity contribution >= 4 is 0 Å². The van der Waals surface area contributed by atoms with E-state index in [1.165, 1.54) is 0 Å². The van der Waals surface area contributed by atoms with Gasteiger partial charge in [-0.2, -0.15) is 0 Å². The summed E-state index contributed by atoms with van der Waals surface area (Å²) in [5, 5.41) is 0. The standard InChI is InChI=1S/C23H27NO3/c1-18-16-23(26-3,12-11-22(18)25-2)20-9-4-10-21(15-20)27-14-6-8-19-7-5-13-24-17-19/h4-5,7,9-10,13,15,17-18,22H,11-12,14,16H2,1-3H3. The van der Waals surface area contributed by atoms with E-state index >= 15 is 0 Å². The number of ether oxygens (including phenoxy) is 3. The van der Waals surface area contributed by atoms with Crippen LogP contribution in [-0.2, 0) is 15.1 Å². The smallest absolute Gasteiger partial charge is 0.149 e. The Labute approximate surface area is 161 Å². The molecule has 3 unspecified atom stereocenters. The Morgan fingerprint density at radius 3 is 2.81 bits per heavy atom. The maximum atomic E-state index is 6.02. The van der Waals surface area contributed by atoms with E-state index in [0.717, 1.165) is 36.1 Å². The van der Waals surface area contributed by atoms with E-state index in [2.05, 4.69) is 35.9 Å². The fraction of sp³-hybridized carbons (Fsp3) is 0.435. The fourth-order valence-corrected chi connectivity index (χ4v) is 3.89. The summed E-state index contributed by atoms with van der Waals surface area (Å²) in [6.07, 6.45) is 6.65. The van der Waals surface area contributed by atoms with Crippen LogP contribution in [0.5, 0.6) is 5.75 Å². The molecule has 1 aliphatic rings. The molecule has 0 bridgehead atoms. The van der Waals surface area contributed by atoms with Gasteiger partial charge in [-0.3, -0.25) is 4.98 Å². The minimum absolute atomic E-state index is 0.283. The molecule has 0 amide bonds. The summed E-state index contributed by atoms with van der Waals surface area (Å²) in [6, 6.07) is 12.0. The van der Waals surface area contributed by atoms with Crippen LogP contribution in [0.2, 0.25) is 0 Å². The van der Waals surface area contributed by atoms with E-state index in [4.69, 9.17) is 14.2 Å². The zero-order valence-electron chi connectivity index (χ0n) is 16.3. The average Bonchev–Trinajstić information content (AvgIpc) is 2.72. The first kappa shape index (κ1) is 19.4. The minimum atomic E-state index is -0.283. The van der Waals surface area contributed by atoms with Gasteiger partial charge < -0.3 is 14.2 Å². The highest BCUT2D eigenvalue weighted by atomic mass is 16.5. The van der Waals surface area contributed by atoms with Crippen LogP contribution in [0.15, 0.2) is 48.8 Å². The van der Waals surface area contributed by atoms with Gasteiger partial charge in [-0.05, 0) is 55.0 Å². The summed E-state index contributed by atoms with van der Waals surface area (Å²) in [5.41, 5.74) is 1.76. The molecular formula is C23H27NO3. The maximum Gasteiger partial charge on any atom is 0.149 e. The molecule has 1 saturated carbocycles. The highest BCUT2D eigenvalue weighted by Crippen LogP contribution is 2.44. The third kappa shape index (κ3) is 4.68. The van der Waals surface area contributed by atoms with Crippen LogP contribution in [-0.4, -0.2) is 31.9 Å². The molecule has 1 aromatic heterocycles. The second-order valence-electron chi connectivity index (χ2n) is 7.05. The number of hydrogen-bond donors (Lipinski definition) is 0. The fourth-order valence-electron chi connectivity index (χ4n) is 3.89. The monoisotopic (exact) mass is 365 g/mol. The van der Waals surface area contributed by atoms with Crippen LogP contribution in [0.4, 0.5) is 0 Å². The molecule has 1 aliphatic carbocycles. The molecule has 4 nitrogen and oxygen atoms in total. The van der Waals surface area contributed by atoms with Gasteiger partial charge in [-0.25, -0.2) is 0 Å². The largest absolute Gasteiger partial charge is 0.481 e. The Hall–Kier alpha value is -2.35. The maximum absolute atomic E-state index is 6.02. The molecule has 4 heteroatoms. The van der Waals surface area contributed by atoms with Crippen molar-refractivity contribution in [1.82, 2.24) is 4.98 Å². The van der Waals surface area contributed by atoms with Gasteiger partial charge in [0, 0.05) is 32.2 Å². The zero-order valence-corrected chi connectivity index (χ0v) is 16.3. The third-order valence-corrected chi connectivity index (χ3v) is 5.38. The molecule has 142 valence electrons. The summed E-state index contributed by atoms with van der Waals surface area (Å²) in [4.78, 5) is 4.05. The number of methoxy groups -OCH3 is 2. The second-order valence-corrected chi connectivity index (χ2v) is 7.05. The Kier molecular flexibility index (Phi) is 6.49. The van der Waals surface area contributed by atoms with Gasteiger partial charge >= 0.3 is 0 Å². The molecule has 27 heavy (non-hydrogen) atoms. The lowest BCUT2D eigenvalue weighted by molar-refractivity contribution is -0.0993. The van der Waals surface area contributed by atoms with Crippen molar-refractivity contribution in [3.05, 3.63) is 59.9 Å². The molecule has 0 saturated heterocycles. The van der Waals surface area contributed by atoms with Gasteiger partial charge in [-0.1, -0.05) is 30.9 Å². The summed E-state index contributed by atoms with van der Waals surface area (Å²) in [5.74, 6) is 7.34. The lowest BCUT2D eigenvalue weighted by Gasteiger charge is -2.42. The summed E-state index contributed by atoms with van der Waals surface area (Å²) >= 11 is 0. The predicted molar refractivity (Wildman–Crippen MR) is 106 cm³/mol. The van der Waals surface area contributed by atoms with Crippen molar-refractivity contribution in [2.75, 3.05) is 20.8 Å². The van der Waals surface area contributed by atoms with E-state index < -0.39 is 0 Å². The summed E-state index contributed by atoms with van der Waals surface area (Å²) in [6.45, 7) is 2.57. The normalized spacial score (nSPS) is 24.7. The molecule has 3 atom stereocenters. The molecule has 0 N–H and O–H groups in total. The molecule has 0 radical (unpaired) electrons. The van der Waals surface area contributed by atoms with Gasteiger partial charge in [0.2, 0.25) is 0 Å². The van der Waals surface area contributed by atoms with E-state index in [9.17, 15) is 0 Å². The molecule has 1 fully saturated rings. The molecule has 2 aromatic rings. The SMILES string of the molecule is COC1CCC(OC)(c2cccc(OCC#Cc3cccnc3)c2)CC1C. The Balaban J connectivity index is 1.68. The number of pyridine rings is 1. The van der Waals surface area contributed by atoms with Crippen LogP contribution in [0.3, 0.4) is 0 Å². The number of hydrogen-bond acceptors (Lipinski definition) is 4. The van der Waals surface area contributed by atoms with Crippen LogP contribution in [0, 0.1) is 17.8 Å². The molecule has 1 aromatic carbocycles. The molecule has 1 heterocycles. The molecule has 3 rings (SSSR count). The van der Waals surface area contributed by atoms with Gasteiger partial charge in [0.05, 0.1) is 11.7 Å². The van der Waals surface area contributed by atoms with E-state index in [-0.39, 0.29) is 5.60 Å². The first-order chi connectivity index (χ1) is 13.2. The number of nitrogens with zero attached hydrogens (tertiary/aromatic N) is 1. The van der Waals surface area contributed by atoms with Crippen LogP contribution < -0.4 is 4.74 Å². The van der Waals surface area contributed by atoms with Crippen molar-refractivity contribution in [3.63, 3.8) is 0 Å². The van der Waals surface area contributed by atoms with Crippen LogP contribution >= 0.6 is 0 Å². The van der Waals surface area contributed by atoms with Crippen LogP contribution in [0.25, 0.3) is 0 Å². The van der Waals surface area contributed by atoms with E-state index in [0.29, 0.717) is 18.6 Å². The van der Waals surface area contributed by atoms with Crippen molar-refractivity contribution in [1.29, 1.82) is 0 Å².